The van der Waals surface area contributed by atoms with Crippen molar-refractivity contribution in [3.05, 3.63) is 107 Å². The van der Waals surface area contributed by atoms with E-state index in [0.717, 1.165) is 36.1 Å². The number of hydrogen-bond donors (Lipinski definition) is 1. The summed E-state index contributed by atoms with van der Waals surface area (Å²) in [5.74, 6) is -0.0850. The molecule has 0 radical (unpaired) electrons. The zero-order chi connectivity index (χ0) is 21.2. The summed E-state index contributed by atoms with van der Waals surface area (Å²) < 4.78 is 0. The van der Waals surface area contributed by atoms with Crippen LogP contribution in [0.3, 0.4) is 0 Å². The van der Waals surface area contributed by atoms with Crippen molar-refractivity contribution in [1.29, 1.82) is 0 Å². The van der Waals surface area contributed by atoms with E-state index in [1.165, 1.54) is 16.7 Å². The highest BCUT2D eigenvalue weighted by atomic mass is 16.1. The number of hydrogen-bond acceptors (Lipinski definition) is 3. The van der Waals surface area contributed by atoms with Crippen LogP contribution in [0.4, 0.5) is 5.69 Å². The van der Waals surface area contributed by atoms with Gasteiger partial charge in [-0.3, -0.25) is 14.7 Å². The molecule has 3 aromatic carbocycles. The fourth-order valence-corrected chi connectivity index (χ4v) is 4.34. The number of fused-ring (bicyclic) bond motifs is 2. The Kier molecular flexibility index (Phi) is 5.23. The molecule has 4 heteroatoms. The topological polar surface area (TPSA) is 45.2 Å². The smallest absolute Gasteiger partial charge is 0.255 e. The fourth-order valence-electron chi connectivity index (χ4n) is 4.34. The first-order valence-corrected chi connectivity index (χ1v) is 10.7. The molecule has 0 spiro atoms. The van der Waals surface area contributed by atoms with E-state index in [9.17, 15) is 4.79 Å². The maximum atomic E-state index is 12.9. The first kappa shape index (κ1) is 19.5. The van der Waals surface area contributed by atoms with E-state index in [1.54, 1.807) is 6.20 Å². The van der Waals surface area contributed by atoms with E-state index in [2.05, 4.69) is 64.6 Å². The number of pyridine rings is 1. The second-order valence-corrected chi connectivity index (χ2v) is 8.16. The molecule has 1 aliphatic heterocycles. The number of nitrogens with zero attached hydrogens (tertiary/aromatic N) is 2. The Morgan fingerprint density at radius 2 is 1.84 bits per heavy atom. The van der Waals surface area contributed by atoms with E-state index in [-0.39, 0.29) is 5.91 Å². The molecule has 1 aliphatic rings. The summed E-state index contributed by atoms with van der Waals surface area (Å²) in [6, 6.07) is 26.8. The SMILES string of the molecule is CC(c1ccccc1)N1CCc2cc(C(=O)Nc3ccc4cccnc4c3)ccc2C1. The second kappa shape index (κ2) is 8.32. The molecule has 2 heterocycles. The van der Waals surface area contributed by atoms with Crippen molar-refractivity contribution in [2.45, 2.75) is 25.9 Å². The zero-order valence-corrected chi connectivity index (χ0v) is 17.6. The van der Waals surface area contributed by atoms with Gasteiger partial charge >= 0.3 is 0 Å². The largest absolute Gasteiger partial charge is 0.322 e. The molecule has 1 aromatic heterocycles. The Morgan fingerprint density at radius 3 is 2.71 bits per heavy atom. The number of rotatable bonds is 4. The summed E-state index contributed by atoms with van der Waals surface area (Å²) >= 11 is 0. The van der Waals surface area contributed by atoms with E-state index in [1.807, 2.05) is 36.4 Å². The lowest BCUT2D eigenvalue weighted by molar-refractivity contribution is 0.102. The van der Waals surface area contributed by atoms with Gasteiger partial charge in [-0.15, -0.1) is 0 Å². The summed E-state index contributed by atoms with van der Waals surface area (Å²) in [5.41, 5.74) is 6.25. The lowest BCUT2D eigenvalue weighted by atomic mass is 9.95. The van der Waals surface area contributed by atoms with Gasteiger partial charge in [0.05, 0.1) is 5.52 Å². The van der Waals surface area contributed by atoms with E-state index in [4.69, 9.17) is 0 Å². The Balaban J connectivity index is 1.30. The van der Waals surface area contributed by atoms with Crippen LogP contribution in [-0.4, -0.2) is 22.3 Å². The predicted octanol–water partition coefficient (Wildman–Crippen LogP) is 5.61. The average Bonchev–Trinajstić information content (AvgIpc) is 2.83. The van der Waals surface area contributed by atoms with Crippen molar-refractivity contribution in [1.82, 2.24) is 9.88 Å². The number of carbonyl (C=O) groups excluding carboxylic acids is 1. The van der Waals surface area contributed by atoms with Crippen molar-refractivity contribution in [2.24, 2.45) is 0 Å². The predicted molar refractivity (Wildman–Crippen MR) is 125 cm³/mol. The highest BCUT2D eigenvalue weighted by molar-refractivity contribution is 6.05. The van der Waals surface area contributed by atoms with Crippen molar-refractivity contribution in [3.63, 3.8) is 0 Å². The number of nitrogens with one attached hydrogen (secondary N) is 1. The Labute approximate surface area is 182 Å². The first-order chi connectivity index (χ1) is 15.2. The fraction of sp³-hybridized carbons (Fsp3) is 0.185. The van der Waals surface area contributed by atoms with Gasteiger partial charge in [-0.2, -0.15) is 0 Å². The van der Waals surface area contributed by atoms with E-state index in [0.29, 0.717) is 11.6 Å². The quantitative estimate of drug-likeness (QED) is 0.478. The van der Waals surface area contributed by atoms with Crippen molar-refractivity contribution >= 4 is 22.5 Å². The minimum Gasteiger partial charge on any atom is -0.322 e. The summed E-state index contributed by atoms with van der Waals surface area (Å²) in [4.78, 5) is 19.7. The van der Waals surface area contributed by atoms with E-state index < -0.39 is 0 Å². The second-order valence-electron chi connectivity index (χ2n) is 8.16. The molecule has 0 saturated heterocycles. The molecule has 5 rings (SSSR count). The van der Waals surface area contributed by atoms with Gasteiger partial charge in [0.2, 0.25) is 0 Å². The third kappa shape index (κ3) is 4.07. The summed E-state index contributed by atoms with van der Waals surface area (Å²) in [6.45, 7) is 4.16. The highest BCUT2D eigenvalue weighted by Crippen LogP contribution is 2.28. The molecule has 0 saturated carbocycles. The summed E-state index contributed by atoms with van der Waals surface area (Å²) in [5, 5.41) is 4.08. The lowest BCUT2D eigenvalue weighted by Gasteiger charge is -2.34. The van der Waals surface area contributed by atoms with Gasteiger partial charge < -0.3 is 5.32 Å². The van der Waals surface area contributed by atoms with Crippen LogP contribution in [0.2, 0.25) is 0 Å². The normalized spacial score (nSPS) is 14.7. The van der Waals surface area contributed by atoms with Crippen molar-refractivity contribution in [3.8, 4) is 0 Å². The summed E-state index contributed by atoms with van der Waals surface area (Å²) in [6.07, 6.45) is 2.72. The van der Waals surface area contributed by atoms with Crippen LogP contribution in [0.15, 0.2) is 85.1 Å². The number of aromatic nitrogens is 1. The van der Waals surface area contributed by atoms with Gasteiger partial charge in [0.1, 0.15) is 0 Å². The zero-order valence-electron chi connectivity index (χ0n) is 17.6. The molecule has 154 valence electrons. The van der Waals surface area contributed by atoms with Gasteiger partial charge in [0.25, 0.3) is 5.91 Å². The average molecular weight is 408 g/mol. The van der Waals surface area contributed by atoms with Gasteiger partial charge in [0, 0.05) is 42.0 Å². The lowest BCUT2D eigenvalue weighted by Crippen LogP contribution is -2.33. The monoisotopic (exact) mass is 407 g/mol. The Morgan fingerprint density at radius 1 is 0.968 bits per heavy atom. The minimum atomic E-state index is -0.0850. The van der Waals surface area contributed by atoms with Gasteiger partial charge in [-0.05, 0) is 60.4 Å². The molecule has 0 aliphatic carbocycles. The molecular weight excluding hydrogens is 382 g/mol. The van der Waals surface area contributed by atoms with E-state index >= 15 is 0 Å². The minimum absolute atomic E-state index is 0.0850. The van der Waals surface area contributed by atoms with Gasteiger partial charge in [0.15, 0.2) is 0 Å². The standard InChI is InChI=1S/C27H25N3O/c1-19(20-6-3-2-4-7-20)30-15-13-22-16-23(9-10-24(22)18-30)27(31)29-25-12-11-21-8-5-14-28-26(21)17-25/h2-12,14,16-17,19H,13,15,18H2,1H3,(H,29,31). The van der Waals surface area contributed by atoms with Crippen LogP contribution in [0.25, 0.3) is 10.9 Å². The van der Waals surface area contributed by atoms with Crippen LogP contribution in [0.5, 0.6) is 0 Å². The third-order valence-electron chi connectivity index (χ3n) is 6.20. The van der Waals surface area contributed by atoms with Crippen LogP contribution in [0, 0.1) is 0 Å². The van der Waals surface area contributed by atoms with Crippen molar-refractivity contribution in [2.75, 3.05) is 11.9 Å². The molecule has 31 heavy (non-hydrogen) atoms. The third-order valence-corrected chi connectivity index (χ3v) is 6.20. The number of benzene rings is 3. The highest BCUT2D eigenvalue weighted by Gasteiger charge is 2.22. The number of amides is 1. The Hall–Kier alpha value is -3.50. The maximum absolute atomic E-state index is 12.9. The van der Waals surface area contributed by atoms with Crippen molar-refractivity contribution < 1.29 is 4.79 Å². The molecule has 1 unspecified atom stereocenters. The van der Waals surface area contributed by atoms with Crippen LogP contribution >= 0.6 is 0 Å². The molecule has 1 atom stereocenters. The molecule has 1 N–H and O–H groups in total. The Bertz CT molecular complexity index is 1240. The van der Waals surface area contributed by atoms with Crippen LogP contribution in [0.1, 0.15) is 40.0 Å². The number of carbonyl (C=O) groups is 1. The summed E-state index contributed by atoms with van der Waals surface area (Å²) in [7, 11) is 0. The molecule has 4 aromatic rings. The number of anilines is 1. The van der Waals surface area contributed by atoms with Crippen LogP contribution in [-0.2, 0) is 13.0 Å². The first-order valence-electron chi connectivity index (χ1n) is 10.7. The molecule has 0 fully saturated rings. The molecule has 1 amide bonds. The molecule has 4 nitrogen and oxygen atoms in total. The van der Waals surface area contributed by atoms with Gasteiger partial charge in [-0.1, -0.05) is 48.5 Å². The van der Waals surface area contributed by atoms with Gasteiger partial charge in [-0.25, -0.2) is 0 Å². The van der Waals surface area contributed by atoms with Crippen LogP contribution < -0.4 is 5.32 Å². The molecular formula is C27H25N3O. The molecule has 0 bridgehead atoms. The maximum Gasteiger partial charge on any atom is 0.255 e.